The van der Waals surface area contributed by atoms with Gasteiger partial charge in [0.25, 0.3) is 0 Å². The summed E-state index contributed by atoms with van der Waals surface area (Å²) in [6.45, 7) is 5.48. The van der Waals surface area contributed by atoms with Gasteiger partial charge in [-0.3, -0.25) is 9.69 Å². The fourth-order valence-electron chi connectivity index (χ4n) is 3.84. The van der Waals surface area contributed by atoms with E-state index in [-0.39, 0.29) is 41.2 Å². The number of hydrogen-bond donors (Lipinski definition) is 2. The first kappa shape index (κ1) is 24.6. The van der Waals surface area contributed by atoms with Crippen LogP contribution >= 0.6 is 11.6 Å². The van der Waals surface area contributed by atoms with Crippen molar-refractivity contribution in [3.8, 4) is 0 Å². The molecular weight excluding hydrogens is 453 g/mol. The van der Waals surface area contributed by atoms with E-state index in [1.165, 1.54) is 24.3 Å². The highest BCUT2D eigenvalue weighted by atomic mass is 35.5. The average molecular weight is 482 g/mol. The van der Waals surface area contributed by atoms with E-state index in [2.05, 4.69) is 10.0 Å². The van der Waals surface area contributed by atoms with Gasteiger partial charge in [-0.2, -0.15) is 0 Å². The molecule has 1 saturated heterocycles. The molecule has 0 saturated carbocycles. The Morgan fingerprint density at radius 3 is 2.25 bits per heavy atom. The fourth-order valence-corrected chi connectivity index (χ4v) is 5.27. The molecule has 0 aromatic heterocycles. The quantitative estimate of drug-likeness (QED) is 0.602. The number of rotatable bonds is 8. The number of halogens is 2. The summed E-state index contributed by atoms with van der Waals surface area (Å²) >= 11 is 5.83. The van der Waals surface area contributed by atoms with Gasteiger partial charge in [-0.05, 0) is 60.7 Å². The topological polar surface area (TPSA) is 78.5 Å². The second-order valence-corrected chi connectivity index (χ2v) is 10.6. The number of sulfonamides is 1. The Morgan fingerprint density at radius 1 is 1.09 bits per heavy atom. The van der Waals surface area contributed by atoms with Gasteiger partial charge >= 0.3 is 0 Å². The Labute approximate surface area is 194 Å². The zero-order valence-electron chi connectivity index (χ0n) is 18.2. The molecule has 1 heterocycles. The summed E-state index contributed by atoms with van der Waals surface area (Å²) in [5.74, 6) is -0.261. The van der Waals surface area contributed by atoms with E-state index >= 15 is 0 Å². The van der Waals surface area contributed by atoms with Gasteiger partial charge in [0.15, 0.2) is 0 Å². The number of nitrogens with one attached hydrogen (secondary N) is 2. The number of amides is 1. The Morgan fingerprint density at radius 2 is 1.69 bits per heavy atom. The maximum Gasteiger partial charge on any atom is 0.240 e. The molecule has 32 heavy (non-hydrogen) atoms. The molecule has 1 aliphatic rings. The highest BCUT2D eigenvalue weighted by Crippen LogP contribution is 2.22. The minimum atomic E-state index is -3.61. The molecule has 3 rings (SSSR count). The molecule has 0 aliphatic carbocycles. The van der Waals surface area contributed by atoms with Gasteiger partial charge in [-0.25, -0.2) is 17.5 Å². The third-order valence-electron chi connectivity index (χ3n) is 5.61. The van der Waals surface area contributed by atoms with Gasteiger partial charge < -0.3 is 5.32 Å². The van der Waals surface area contributed by atoms with Crippen LogP contribution in [-0.2, 0) is 14.8 Å². The Hall–Kier alpha value is -2.00. The third-order valence-corrected chi connectivity index (χ3v) is 7.40. The molecule has 1 amide bonds. The number of nitrogens with zero attached hydrogens (tertiary/aromatic N) is 1. The maximum absolute atomic E-state index is 13.2. The van der Waals surface area contributed by atoms with E-state index in [4.69, 9.17) is 11.6 Å². The van der Waals surface area contributed by atoms with Crippen LogP contribution in [0.3, 0.4) is 0 Å². The highest BCUT2D eigenvalue weighted by Gasteiger charge is 2.26. The molecule has 174 valence electrons. The second kappa shape index (κ2) is 10.7. The van der Waals surface area contributed by atoms with Gasteiger partial charge in [-0.15, -0.1) is 0 Å². The number of hydrogen-bond acceptors (Lipinski definition) is 4. The van der Waals surface area contributed by atoms with Crippen molar-refractivity contribution in [3.05, 3.63) is 64.9 Å². The molecule has 1 atom stereocenters. The molecule has 6 nitrogen and oxygen atoms in total. The molecule has 0 spiro atoms. The normalized spacial score (nSPS) is 16.8. The smallest absolute Gasteiger partial charge is 0.240 e. The van der Waals surface area contributed by atoms with E-state index in [1.807, 2.05) is 18.7 Å². The second-order valence-electron chi connectivity index (χ2n) is 8.47. The van der Waals surface area contributed by atoms with Crippen LogP contribution in [0.5, 0.6) is 0 Å². The Kier molecular flexibility index (Phi) is 8.27. The van der Waals surface area contributed by atoms with Crippen LogP contribution in [0.4, 0.5) is 4.39 Å². The number of likely N-dealkylation sites (tertiary alicyclic amines) is 1. The summed E-state index contributed by atoms with van der Waals surface area (Å²) in [4.78, 5) is 14.8. The lowest BCUT2D eigenvalue weighted by Crippen LogP contribution is -2.48. The van der Waals surface area contributed by atoms with Crippen molar-refractivity contribution in [1.82, 2.24) is 14.9 Å². The number of carbonyl (C=O) groups is 1. The summed E-state index contributed by atoms with van der Waals surface area (Å²) in [5, 5.41) is 3.53. The zero-order chi connectivity index (χ0) is 23.3. The Bertz CT molecular complexity index is 1010. The molecule has 9 heteroatoms. The summed E-state index contributed by atoms with van der Waals surface area (Å²) in [7, 11) is -3.61. The lowest BCUT2D eigenvalue weighted by atomic mass is 9.96. The molecule has 0 radical (unpaired) electrons. The first-order valence-electron chi connectivity index (χ1n) is 10.7. The van der Waals surface area contributed by atoms with E-state index in [9.17, 15) is 17.6 Å². The SMILES string of the molecule is CC(C)C(NC(=O)CN1CCC(NS(=O)(=O)c2ccc(Cl)cc2)CC1)c1ccc(F)cc1. The van der Waals surface area contributed by atoms with Crippen molar-refractivity contribution in [2.24, 2.45) is 5.92 Å². The monoisotopic (exact) mass is 481 g/mol. The molecule has 2 N–H and O–H groups in total. The summed E-state index contributed by atoms with van der Waals surface area (Å²) in [6, 6.07) is 11.9. The van der Waals surface area contributed by atoms with Crippen molar-refractivity contribution in [1.29, 1.82) is 0 Å². The van der Waals surface area contributed by atoms with Crippen molar-refractivity contribution in [2.45, 2.75) is 43.7 Å². The number of piperidine rings is 1. The van der Waals surface area contributed by atoms with Gasteiger partial charge in [0, 0.05) is 24.2 Å². The minimum Gasteiger partial charge on any atom is -0.348 e. The van der Waals surface area contributed by atoms with Crippen LogP contribution in [0.2, 0.25) is 5.02 Å². The van der Waals surface area contributed by atoms with Crippen LogP contribution in [0, 0.1) is 11.7 Å². The zero-order valence-corrected chi connectivity index (χ0v) is 19.8. The molecule has 1 fully saturated rings. The van der Waals surface area contributed by atoms with Crippen molar-refractivity contribution < 1.29 is 17.6 Å². The van der Waals surface area contributed by atoms with Gasteiger partial charge in [0.2, 0.25) is 15.9 Å². The van der Waals surface area contributed by atoms with E-state index in [0.717, 1.165) is 5.56 Å². The summed E-state index contributed by atoms with van der Waals surface area (Å²) in [6.07, 6.45) is 1.23. The molecular formula is C23H29ClFN3O3S. The lowest BCUT2D eigenvalue weighted by molar-refractivity contribution is -0.123. The molecule has 2 aromatic rings. The molecule has 1 unspecified atom stereocenters. The van der Waals surface area contributed by atoms with E-state index in [0.29, 0.717) is 31.0 Å². The predicted molar refractivity (Wildman–Crippen MR) is 123 cm³/mol. The van der Waals surface area contributed by atoms with Gasteiger partial charge in [0.1, 0.15) is 5.82 Å². The van der Waals surface area contributed by atoms with Crippen LogP contribution in [-0.4, -0.2) is 44.9 Å². The number of carbonyl (C=O) groups excluding carboxylic acids is 1. The van der Waals surface area contributed by atoms with Crippen molar-refractivity contribution in [3.63, 3.8) is 0 Å². The first-order valence-corrected chi connectivity index (χ1v) is 12.6. The van der Waals surface area contributed by atoms with Gasteiger partial charge in [0.05, 0.1) is 17.5 Å². The molecule has 1 aliphatic heterocycles. The molecule has 2 aromatic carbocycles. The van der Waals surface area contributed by atoms with Crippen LogP contribution in [0.15, 0.2) is 53.4 Å². The maximum atomic E-state index is 13.2. The standard InChI is InChI=1S/C23H29ClFN3O3S/c1-16(2)23(17-3-7-19(25)8-4-17)26-22(29)15-28-13-11-20(12-14-28)27-32(30,31)21-9-5-18(24)6-10-21/h3-10,16,20,23,27H,11-15H2,1-2H3,(H,26,29). The lowest BCUT2D eigenvalue weighted by Gasteiger charge is -2.32. The summed E-state index contributed by atoms with van der Waals surface area (Å²) < 4.78 is 41.1. The highest BCUT2D eigenvalue weighted by molar-refractivity contribution is 7.89. The number of benzene rings is 2. The average Bonchev–Trinajstić information content (AvgIpc) is 2.74. The van der Waals surface area contributed by atoms with E-state index < -0.39 is 10.0 Å². The summed E-state index contributed by atoms with van der Waals surface area (Å²) in [5.41, 5.74) is 0.866. The van der Waals surface area contributed by atoms with E-state index in [1.54, 1.807) is 24.3 Å². The van der Waals surface area contributed by atoms with Crippen molar-refractivity contribution in [2.75, 3.05) is 19.6 Å². The largest absolute Gasteiger partial charge is 0.348 e. The fraction of sp³-hybridized carbons (Fsp3) is 0.435. The van der Waals surface area contributed by atoms with Gasteiger partial charge in [-0.1, -0.05) is 37.6 Å². The molecule has 0 bridgehead atoms. The third kappa shape index (κ3) is 6.75. The Balaban J connectivity index is 1.50. The van der Waals surface area contributed by atoms with Crippen LogP contribution < -0.4 is 10.0 Å². The van der Waals surface area contributed by atoms with Crippen LogP contribution in [0.1, 0.15) is 38.3 Å². The minimum absolute atomic E-state index is 0.104. The van der Waals surface area contributed by atoms with Crippen LogP contribution in [0.25, 0.3) is 0 Å². The predicted octanol–water partition coefficient (Wildman–Crippen LogP) is 3.74. The first-order chi connectivity index (χ1) is 15.1. The van der Waals surface area contributed by atoms with Crippen molar-refractivity contribution >= 4 is 27.5 Å².